The SMILES string of the molecule is CC[N+]1=C(C)c2ccccc2CC1.[Br-]. The molecule has 2 heteroatoms. The first-order valence-electron chi connectivity index (χ1n) is 4.99. The molecule has 0 aromatic heterocycles. The molecule has 2 rings (SSSR count). The first-order valence-corrected chi connectivity index (χ1v) is 4.99. The molecular formula is C12H16BrN. The number of fused-ring (bicyclic) bond motifs is 1. The maximum Gasteiger partial charge on any atom is 0.180 e. The van der Waals surface area contributed by atoms with Crippen molar-refractivity contribution in [3.8, 4) is 0 Å². The minimum atomic E-state index is 0. The van der Waals surface area contributed by atoms with Gasteiger partial charge in [0.15, 0.2) is 5.71 Å². The van der Waals surface area contributed by atoms with Crippen LogP contribution in [-0.4, -0.2) is 23.4 Å². The van der Waals surface area contributed by atoms with Gasteiger partial charge in [0.25, 0.3) is 0 Å². The van der Waals surface area contributed by atoms with Crippen LogP contribution in [0.3, 0.4) is 0 Å². The molecule has 0 spiro atoms. The first kappa shape index (κ1) is 11.4. The van der Waals surface area contributed by atoms with Gasteiger partial charge in [0.05, 0.1) is 0 Å². The predicted octanol–water partition coefficient (Wildman–Crippen LogP) is -0.912. The second-order valence-electron chi connectivity index (χ2n) is 3.57. The number of hydrogen-bond acceptors (Lipinski definition) is 0. The Hall–Kier alpha value is -0.630. The van der Waals surface area contributed by atoms with E-state index in [1.54, 1.807) is 0 Å². The Kier molecular flexibility index (Phi) is 3.87. The van der Waals surface area contributed by atoms with Crippen LogP contribution in [0.5, 0.6) is 0 Å². The van der Waals surface area contributed by atoms with Gasteiger partial charge in [-0.2, -0.15) is 0 Å². The topological polar surface area (TPSA) is 3.01 Å². The Morgan fingerprint density at radius 2 is 2.00 bits per heavy atom. The van der Waals surface area contributed by atoms with Crippen LogP contribution in [0.4, 0.5) is 0 Å². The van der Waals surface area contributed by atoms with Crippen molar-refractivity contribution in [2.24, 2.45) is 0 Å². The Bertz CT molecular complexity index is 355. The summed E-state index contributed by atoms with van der Waals surface area (Å²) in [7, 11) is 0. The predicted molar refractivity (Wildman–Crippen MR) is 55.6 cm³/mol. The quantitative estimate of drug-likeness (QED) is 0.571. The van der Waals surface area contributed by atoms with Crippen molar-refractivity contribution in [1.82, 2.24) is 0 Å². The summed E-state index contributed by atoms with van der Waals surface area (Å²) < 4.78 is 2.45. The third-order valence-corrected chi connectivity index (χ3v) is 2.91. The molecule has 0 aliphatic carbocycles. The van der Waals surface area contributed by atoms with E-state index < -0.39 is 0 Å². The van der Waals surface area contributed by atoms with Gasteiger partial charge in [-0.05, 0) is 18.6 Å². The Balaban J connectivity index is 0.000000980. The van der Waals surface area contributed by atoms with Crippen LogP contribution in [0.15, 0.2) is 24.3 Å². The summed E-state index contributed by atoms with van der Waals surface area (Å²) >= 11 is 0. The molecule has 1 nitrogen and oxygen atoms in total. The van der Waals surface area contributed by atoms with E-state index in [2.05, 4.69) is 42.7 Å². The summed E-state index contributed by atoms with van der Waals surface area (Å²) in [6.45, 7) is 6.75. The minimum absolute atomic E-state index is 0. The van der Waals surface area contributed by atoms with Crippen LogP contribution in [0, 0.1) is 0 Å². The lowest BCUT2D eigenvalue weighted by atomic mass is 9.98. The highest BCUT2D eigenvalue weighted by atomic mass is 79.9. The molecule has 76 valence electrons. The molecule has 0 saturated carbocycles. The average molecular weight is 254 g/mol. The molecule has 1 aromatic carbocycles. The van der Waals surface area contributed by atoms with Crippen LogP contribution in [0.2, 0.25) is 0 Å². The van der Waals surface area contributed by atoms with Crippen LogP contribution in [-0.2, 0) is 6.42 Å². The fraction of sp³-hybridized carbons (Fsp3) is 0.417. The monoisotopic (exact) mass is 253 g/mol. The number of likely N-dealkylation sites (N-methyl/N-ethyl adjacent to an activating group) is 1. The maximum atomic E-state index is 2.45. The molecule has 0 unspecified atom stereocenters. The van der Waals surface area contributed by atoms with Crippen LogP contribution in [0.25, 0.3) is 0 Å². The third kappa shape index (κ3) is 1.90. The molecule has 0 atom stereocenters. The van der Waals surface area contributed by atoms with Gasteiger partial charge in [-0.15, -0.1) is 0 Å². The summed E-state index contributed by atoms with van der Waals surface area (Å²) in [5.41, 5.74) is 4.38. The van der Waals surface area contributed by atoms with E-state index in [9.17, 15) is 0 Å². The highest BCUT2D eigenvalue weighted by Crippen LogP contribution is 2.14. The fourth-order valence-electron chi connectivity index (χ4n) is 2.08. The maximum absolute atomic E-state index is 2.45. The third-order valence-electron chi connectivity index (χ3n) is 2.91. The second-order valence-corrected chi connectivity index (χ2v) is 3.57. The van der Waals surface area contributed by atoms with Crippen molar-refractivity contribution in [2.75, 3.05) is 13.1 Å². The second kappa shape index (κ2) is 4.74. The van der Waals surface area contributed by atoms with Crippen LogP contribution < -0.4 is 17.0 Å². The van der Waals surface area contributed by atoms with E-state index in [-0.39, 0.29) is 17.0 Å². The van der Waals surface area contributed by atoms with E-state index >= 15 is 0 Å². The summed E-state index contributed by atoms with van der Waals surface area (Å²) in [5, 5.41) is 0. The fourth-order valence-corrected chi connectivity index (χ4v) is 2.08. The molecule has 0 N–H and O–H groups in total. The minimum Gasteiger partial charge on any atom is -1.00 e. The lowest BCUT2D eigenvalue weighted by molar-refractivity contribution is -0.525. The standard InChI is InChI=1S/C12H16N.BrH/c1-3-13-9-8-11-6-4-5-7-12(11)10(13)2;/h4-7H,3,8-9H2,1-2H3;1H/q+1;/p-1. The first-order chi connectivity index (χ1) is 6.33. The van der Waals surface area contributed by atoms with Gasteiger partial charge in [0.1, 0.15) is 13.1 Å². The number of halogens is 1. The largest absolute Gasteiger partial charge is 1.00 e. The molecule has 0 saturated heterocycles. The number of rotatable bonds is 1. The van der Waals surface area contributed by atoms with Crippen molar-refractivity contribution in [3.63, 3.8) is 0 Å². The molecule has 0 bridgehead atoms. The van der Waals surface area contributed by atoms with E-state index in [1.807, 2.05) is 0 Å². The normalized spacial score (nSPS) is 14.7. The summed E-state index contributed by atoms with van der Waals surface area (Å²) in [4.78, 5) is 0. The van der Waals surface area contributed by atoms with Crippen molar-refractivity contribution in [1.29, 1.82) is 0 Å². The zero-order chi connectivity index (χ0) is 9.26. The van der Waals surface area contributed by atoms with E-state index in [0.717, 1.165) is 6.54 Å². The summed E-state index contributed by atoms with van der Waals surface area (Å²) in [5.74, 6) is 0. The van der Waals surface area contributed by atoms with Crippen molar-refractivity contribution in [3.05, 3.63) is 35.4 Å². The van der Waals surface area contributed by atoms with Crippen molar-refractivity contribution < 1.29 is 21.6 Å². The molecule has 0 fully saturated rings. The van der Waals surface area contributed by atoms with Gasteiger partial charge in [-0.1, -0.05) is 18.2 Å². The van der Waals surface area contributed by atoms with Gasteiger partial charge >= 0.3 is 0 Å². The Morgan fingerprint density at radius 3 is 2.71 bits per heavy atom. The smallest absolute Gasteiger partial charge is 0.180 e. The van der Waals surface area contributed by atoms with E-state index in [1.165, 1.54) is 29.8 Å². The molecule has 14 heavy (non-hydrogen) atoms. The van der Waals surface area contributed by atoms with Crippen molar-refractivity contribution >= 4 is 5.71 Å². The molecule has 1 aliphatic rings. The molecule has 0 amide bonds. The average Bonchev–Trinajstić information content (AvgIpc) is 2.19. The summed E-state index contributed by atoms with van der Waals surface area (Å²) in [6, 6.07) is 8.73. The lowest BCUT2D eigenvalue weighted by Crippen LogP contribution is -3.00. The van der Waals surface area contributed by atoms with Gasteiger partial charge in [0, 0.05) is 18.9 Å². The van der Waals surface area contributed by atoms with Crippen LogP contribution in [0.1, 0.15) is 25.0 Å². The Morgan fingerprint density at radius 1 is 1.29 bits per heavy atom. The molecule has 0 radical (unpaired) electrons. The van der Waals surface area contributed by atoms with Gasteiger partial charge in [0.2, 0.25) is 0 Å². The zero-order valence-electron chi connectivity index (χ0n) is 8.76. The van der Waals surface area contributed by atoms with Gasteiger partial charge in [-0.25, -0.2) is 4.58 Å². The molecule has 1 aromatic rings. The van der Waals surface area contributed by atoms with Crippen LogP contribution >= 0.6 is 0 Å². The van der Waals surface area contributed by atoms with E-state index in [0.29, 0.717) is 0 Å². The van der Waals surface area contributed by atoms with E-state index in [4.69, 9.17) is 0 Å². The lowest BCUT2D eigenvalue weighted by Gasteiger charge is -2.15. The summed E-state index contributed by atoms with van der Waals surface area (Å²) in [6.07, 6.45) is 1.20. The molecular weight excluding hydrogens is 238 g/mol. The number of nitrogens with zero attached hydrogens (tertiary/aromatic N) is 1. The molecule has 1 heterocycles. The Labute approximate surface area is 96.2 Å². The van der Waals surface area contributed by atoms with Crippen molar-refractivity contribution in [2.45, 2.75) is 20.3 Å². The number of hydrogen-bond donors (Lipinski definition) is 0. The zero-order valence-corrected chi connectivity index (χ0v) is 10.3. The highest BCUT2D eigenvalue weighted by Gasteiger charge is 2.19. The van der Waals surface area contributed by atoms with Gasteiger partial charge < -0.3 is 17.0 Å². The highest BCUT2D eigenvalue weighted by molar-refractivity contribution is 5.96. The van der Waals surface area contributed by atoms with Gasteiger partial charge in [-0.3, -0.25) is 0 Å². The molecule has 1 aliphatic heterocycles. The number of benzene rings is 1.